The summed E-state index contributed by atoms with van der Waals surface area (Å²) >= 11 is 0. The van der Waals surface area contributed by atoms with Gasteiger partial charge < -0.3 is 10.2 Å². The van der Waals surface area contributed by atoms with Crippen molar-refractivity contribution < 1.29 is 0 Å². The summed E-state index contributed by atoms with van der Waals surface area (Å²) in [6.07, 6.45) is 5.37. The van der Waals surface area contributed by atoms with Crippen LogP contribution in [-0.2, 0) is 0 Å². The maximum absolute atomic E-state index is 3.50. The first-order valence-electron chi connectivity index (χ1n) is 7.38. The van der Waals surface area contributed by atoms with Crippen LogP contribution in [0.2, 0.25) is 0 Å². The maximum Gasteiger partial charge on any atom is 0.0217 e. The summed E-state index contributed by atoms with van der Waals surface area (Å²) in [4.78, 5) is 2.67. The van der Waals surface area contributed by atoms with Crippen molar-refractivity contribution in [1.29, 1.82) is 0 Å². The van der Waals surface area contributed by atoms with E-state index in [0.717, 1.165) is 5.92 Å². The Bertz CT molecular complexity index is 213. The van der Waals surface area contributed by atoms with Crippen LogP contribution < -0.4 is 5.32 Å². The van der Waals surface area contributed by atoms with Crippen LogP contribution in [0, 0.1) is 11.3 Å². The number of likely N-dealkylation sites (N-methyl/N-ethyl adjacent to an activating group) is 1. The van der Waals surface area contributed by atoms with Gasteiger partial charge in [-0.15, -0.1) is 0 Å². The molecule has 17 heavy (non-hydrogen) atoms. The van der Waals surface area contributed by atoms with Gasteiger partial charge in [-0.25, -0.2) is 0 Å². The first-order valence-corrected chi connectivity index (χ1v) is 7.38. The summed E-state index contributed by atoms with van der Waals surface area (Å²) in [5, 5.41) is 3.50. The average molecular weight is 240 g/mol. The molecule has 0 spiro atoms. The molecule has 1 aliphatic heterocycles. The monoisotopic (exact) mass is 240 g/mol. The normalized spacial score (nSPS) is 25.2. The van der Waals surface area contributed by atoms with Gasteiger partial charge in [0.05, 0.1) is 0 Å². The Morgan fingerprint density at radius 3 is 2.53 bits per heavy atom. The van der Waals surface area contributed by atoms with E-state index in [1.165, 1.54) is 45.3 Å². The first kappa shape index (κ1) is 15.0. The predicted octanol–water partition coefficient (Wildman–Crippen LogP) is 3.13. The number of likely N-dealkylation sites (tertiary alicyclic amines) is 1. The van der Waals surface area contributed by atoms with E-state index in [4.69, 9.17) is 0 Å². The number of hydrogen-bond acceptors (Lipinski definition) is 2. The van der Waals surface area contributed by atoms with E-state index in [2.05, 4.69) is 45.0 Å². The Balaban J connectivity index is 2.45. The third kappa shape index (κ3) is 4.97. The van der Waals surface area contributed by atoms with Gasteiger partial charge in [0.25, 0.3) is 0 Å². The predicted molar refractivity (Wildman–Crippen MR) is 76.4 cm³/mol. The molecule has 102 valence electrons. The van der Waals surface area contributed by atoms with Crippen molar-refractivity contribution in [2.45, 2.75) is 59.4 Å². The fourth-order valence-electron chi connectivity index (χ4n) is 2.78. The highest BCUT2D eigenvalue weighted by atomic mass is 15.1. The van der Waals surface area contributed by atoms with Gasteiger partial charge in [-0.1, -0.05) is 34.1 Å². The quantitative estimate of drug-likeness (QED) is 0.794. The smallest absolute Gasteiger partial charge is 0.0217 e. The number of nitrogens with one attached hydrogen (secondary N) is 1. The summed E-state index contributed by atoms with van der Waals surface area (Å²) in [6.45, 7) is 13.3. The molecular weight excluding hydrogens is 208 g/mol. The highest BCUT2D eigenvalue weighted by Crippen LogP contribution is 2.29. The Labute approximate surface area is 108 Å². The van der Waals surface area contributed by atoms with Crippen molar-refractivity contribution in [3.8, 4) is 0 Å². The summed E-state index contributed by atoms with van der Waals surface area (Å²) in [5.41, 5.74) is 0.556. The zero-order chi connectivity index (χ0) is 12.9. The minimum Gasteiger partial charge on any atom is -0.315 e. The Morgan fingerprint density at radius 1 is 1.24 bits per heavy atom. The van der Waals surface area contributed by atoms with Gasteiger partial charge in [0.1, 0.15) is 0 Å². The zero-order valence-corrected chi connectivity index (χ0v) is 12.6. The molecule has 2 nitrogen and oxygen atoms in total. The second-order valence-corrected chi connectivity index (χ2v) is 6.60. The molecule has 1 saturated heterocycles. The molecule has 2 heteroatoms. The van der Waals surface area contributed by atoms with E-state index >= 15 is 0 Å². The third-order valence-corrected chi connectivity index (χ3v) is 4.59. The van der Waals surface area contributed by atoms with Crippen LogP contribution in [0.1, 0.15) is 53.4 Å². The molecule has 0 amide bonds. The largest absolute Gasteiger partial charge is 0.315 e. The molecule has 1 aliphatic rings. The van der Waals surface area contributed by atoms with Gasteiger partial charge in [-0.3, -0.25) is 0 Å². The van der Waals surface area contributed by atoms with Crippen LogP contribution in [0.4, 0.5) is 0 Å². The van der Waals surface area contributed by atoms with Gasteiger partial charge >= 0.3 is 0 Å². The van der Waals surface area contributed by atoms with E-state index in [9.17, 15) is 0 Å². The standard InChI is InChI=1S/C15H32N2/c1-6-13(2)14(16-5)12-17-10-7-8-15(3,4)9-11-17/h13-14,16H,6-12H2,1-5H3. The van der Waals surface area contributed by atoms with Crippen molar-refractivity contribution >= 4 is 0 Å². The second-order valence-electron chi connectivity index (χ2n) is 6.60. The van der Waals surface area contributed by atoms with E-state index in [1.807, 2.05) is 0 Å². The summed E-state index contributed by atoms with van der Waals surface area (Å²) in [6, 6.07) is 0.654. The molecule has 0 radical (unpaired) electrons. The lowest BCUT2D eigenvalue weighted by Gasteiger charge is -2.30. The molecule has 0 aromatic carbocycles. The Kier molecular flexibility index (Phi) is 5.94. The number of hydrogen-bond donors (Lipinski definition) is 1. The average Bonchev–Trinajstić information content (AvgIpc) is 2.46. The van der Waals surface area contributed by atoms with Crippen molar-refractivity contribution in [3.63, 3.8) is 0 Å². The molecule has 0 aromatic rings. The summed E-state index contributed by atoms with van der Waals surface area (Å²) in [5.74, 6) is 0.774. The maximum atomic E-state index is 3.50. The van der Waals surface area contributed by atoms with Gasteiger partial charge in [-0.2, -0.15) is 0 Å². The molecule has 1 N–H and O–H groups in total. The Morgan fingerprint density at radius 2 is 1.94 bits per heavy atom. The van der Waals surface area contributed by atoms with Gasteiger partial charge in [0.15, 0.2) is 0 Å². The molecule has 1 fully saturated rings. The first-order chi connectivity index (χ1) is 7.98. The van der Waals surface area contributed by atoms with Crippen LogP contribution in [0.15, 0.2) is 0 Å². The third-order valence-electron chi connectivity index (χ3n) is 4.59. The summed E-state index contributed by atoms with van der Waals surface area (Å²) in [7, 11) is 2.11. The van der Waals surface area contributed by atoms with Crippen molar-refractivity contribution in [1.82, 2.24) is 10.2 Å². The number of nitrogens with zero attached hydrogens (tertiary/aromatic N) is 1. The molecular formula is C15H32N2. The summed E-state index contributed by atoms with van der Waals surface area (Å²) < 4.78 is 0. The molecule has 2 atom stereocenters. The van der Waals surface area contributed by atoms with Crippen molar-refractivity contribution in [2.24, 2.45) is 11.3 Å². The topological polar surface area (TPSA) is 15.3 Å². The highest BCUT2D eigenvalue weighted by molar-refractivity contribution is 4.80. The number of rotatable bonds is 5. The lowest BCUT2D eigenvalue weighted by molar-refractivity contribution is 0.213. The van der Waals surface area contributed by atoms with E-state index in [1.54, 1.807) is 0 Å². The molecule has 0 aromatic heterocycles. The molecule has 1 rings (SSSR count). The van der Waals surface area contributed by atoms with Crippen LogP contribution in [0.25, 0.3) is 0 Å². The molecule has 1 heterocycles. The minimum atomic E-state index is 0.556. The van der Waals surface area contributed by atoms with Crippen molar-refractivity contribution in [2.75, 3.05) is 26.7 Å². The van der Waals surface area contributed by atoms with Gasteiger partial charge in [0, 0.05) is 12.6 Å². The molecule has 0 bridgehead atoms. The fourth-order valence-corrected chi connectivity index (χ4v) is 2.78. The highest BCUT2D eigenvalue weighted by Gasteiger charge is 2.25. The van der Waals surface area contributed by atoms with Crippen LogP contribution >= 0.6 is 0 Å². The second kappa shape index (κ2) is 6.75. The van der Waals surface area contributed by atoms with Gasteiger partial charge in [-0.05, 0) is 50.7 Å². The van der Waals surface area contributed by atoms with Crippen LogP contribution in [0.5, 0.6) is 0 Å². The van der Waals surface area contributed by atoms with Crippen LogP contribution in [0.3, 0.4) is 0 Å². The van der Waals surface area contributed by atoms with Gasteiger partial charge in [0.2, 0.25) is 0 Å². The fraction of sp³-hybridized carbons (Fsp3) is 1.00. The molecule has 0 aliphatic carbocycles. The van der Waals surface area contributed by atoms with E-state index in [-0.39, 0.29) is 0 Å². The van der Waals surface area contributed by atoms with Crippen LogP contribution in [-0.4, -0.2) is 37.6 Å². The lowest BCUT2D eigenvalue weighted by atomic mass is 9.85. The molecule has 0 saturated carbocycles. The Hall–Kier alpha value is -0.0800. The van der Waals surface area contributed by atoms with E-state index < -0.39 is 0 Å². The molecule has 2 unspecified atom stereocenters. The SMILES string of the molecule is CCC(C)C(CN1CCCC(C)(C)CC1)NC. The zero-order valence-electron chi connectivity index (χ0n) is 12.6. The van der Waals surface area contributed by atoms with E-state index in [0.29, 0.717) is 11.5 Å². The lowest BCUT2D eigenvalue weighted by Crippen LogP contribution is -2.43. The minimum absolute atomic E-state index is 0.556. The van der Waals surface area contributed by atoms with Crippen molar-refractivity contribution in [3.05, 3.63) is 0 Å².